The van der Waals surface area contributed by atoms with Crippen LogP contribution in [-0.4, -0.2) is 24.7 Å². The van der Waals surface area contributed by atoms with Crippen LogP contribution in [0.5, 0.6) is 0 Å². The fraction of sp³-hybridized carbons (Fsp3) is 0.167. The first kappa shape index (κ1) is 16.0. The van der Waals surface area contributed by atoms with Crippen LogP contribution in [0.3, 0.4) is 0 Å². The van der Waals surface area contributed by atoms with E-state index in [2.05, 4.69) is 9.82 Å². The number of aromatic nitrogens is 2. The Morgan fingerprint density at radius 2 is 1.86 bits per heavy atom. The van der Waals surface area contributed by atoms with E-state index >= 15 is 0 Å². The van der Waals surface area contributed by atoms with Crippen molar-refractivity contribution in [1.29, 1.82) is 0 Å². The van der Waals surface area contributed by atoms with Crippen LogP contribution in [0.15, 0.2) is 46.2 Å². The zero-order valence-corrected chi connectivity index (χ0v) is 13.0. The first-order valence-corrected chi connectivity index (χ1v) is 8.11. The summed E-state index contributed by atoms with van der Waals surface area (Å²) < 4.78 is 27.3. The largest absolute Gasteiger partial charge is 0.287 e. The van der Waals surface area contributed by atoms with E-state index in [9.17, 15) is 13.2 Å². The summed E-state index contributed by atoms with van der Waals surface area (Å²) in [7, 11) is -3.61. The second-order valence-corrected chi connectivity index (χ2v) is 6.60. The molecule has 2 rings (SSSR count). The molecular formula is C12H11Cl2N3O3S. The zero-order chi connectivity index (χ0) is 15.5. The average Bonchev–Trinajstić information content (AvgIpc) is 2.48. The molecule has 0 atom stereocenters. The molecule has 0 amide bonds. The molecule has 0 saturated heterocycles. The number of hydrogen-bond donors (Lipinski definition) is 1. The molecule has 1 aromatic carbocycles. The number of nitrogens with one attached hydrogen (secondary N) is 1. The topological polar surface area (TPSA) is 81.1 Å². The van der Waals surface area contributed by atoms with Gasteiger partial charge in [0.25, 0.3) is 5.56 Å². The minimum Gasteiger partial charge on any atom is -0.266 e. The van der Waals surface area contributed by atoms with E-state index in [1.54, 1.807) is 18.2 Å². The summed E-state index contributed by atoms with van der Waals surface area (Å²) in [6.45, 7) is 0.0455. The van der Waals surface area contributed by atoms with Crippen molar-refractivity contribution in [2.75, 3.05) is 6.54 Å². The van der Waals surface area contributed by atoms with Gasteiger partial charge in [-0.25, -0.2) is 17.8 Å². The van der Waals surface area contributed by atoms with Gasteiger partial charge in [0.1, 0.15) is 5.02 Å². The van der Waals surface area contributed by atoms with Crippen LogP contribution in [0.25, 0.3) is 0 Å². The lowest BCUT2D eigenvalue weighted by molar-refractivity contribution is 0.547. The van der Waals surface area contributed by atoms with Gasteiger partial charge in [-0.05, 0) is 12.1 Å². The highest BCUT2D eigenvalue weighted by molar-refractivity contribution is 7.89. The molecular weight excluding hydrogens is 337 g/mol. The van der Waals surface area contributed by atoms with Crippen LogP contribution < -0.4 is 10.3 Å². The Morgan fingerprint density at radius 3 is 2.52 bits per heavy atom. The minimum atomic E-state index is -3.61. The molecule has 0 aliphatic rings. The maximum atomic E-state index is 12.0. The van der Waals surface area contributed by atoms with Crippen LogP contribution in [0, 0.1) is 0 Å². The third kappa shape index (κ3) is 3.82. The third-order valence-electron chi connectivity index (χ3n) is 2.61. The Bertz CT molecular complexity index is 791. The van der Waals surface area contributed by atoms with Crippen molar-refractivity contribution in [3.63, 3.8) is 0 Å². The smallest absolute Gasteiger partial charge is 0.266 e. The second kappa shape index (κ2) is 6.57. The summed E-state index contributed by atoms with van der Waals surface area (Å²) in [4.78, 5) is 11.9. The van der Waals surface area contributed by atoms with E-state index in [4.69, 9.17) is 23.2 Å². The SMILES string of the molecule is O=c1c(Cl)c(Cl)cnn1CCNS(=O)(=O)c1ccccc1. The lowest BCUT2D eigenvalue weighted by atomic mass is 10.4. The van der Waals surface area contributed by atoms with Crippen molar-refractivity contribution in [2.45, 2.75) is 11.4 Å². The molecule has 0 aliphatic heterocycles. The van der Waals surface area contributed by atoms with Gasteiger partial charge in [0.2, 0.25) is 10.0 Å². The van der Waals surface area contributed by atoms with Crippen LogP contribution in [0.2, 0.25) is 10.0 Å². The normalized spacial score (nSPS) is 11.5. The molecule has 0 aliphatic carbocycles. The fourth-order valence-electron chi connectivity index (χ4n) is 1.57. The van der Waals surface area contributed by atoms with Crippen LogP contribution in [0.4, 0.5) is 0 Å². The first-order valence-electron chi connectivity index (χ1n) is 5.87. The van der Waals surface area contributed by atoms with Crippen LogP contribution in [-0.2, 0) is 16.6 Å². The quantitative estimate of drug-likeness (QED) is 0.889. The maximum Gasteiger partial charge on any atom is 0.287 e. The molecule has 112 valence electrons. The molecule has 2 aromatic rings. The van der Waals surface area contributed by atoms with Gasteiger partial charge in [0.15, 0.2) is 0 Å². The zero-order valence-electron chi connectivity index (χ0n) is 10.7. The summed E-state index contributed by atoms with van der Waals surface area (Å²) in [5.74, 6) is 0. The molecule has 0 unspecified atom stereocenters. The molecule has 0 bridgehead atoms. The van der Waals surface area contributed by atoms with Gasteiger partial charge < -0.3 is 0 Å². The number of rotatable bonds is 5. The Morgan fingerprint density at radius 1 is 1.19 bits per heavy atom. The molecule has 0 radical (unpaired) electrons. The molecule has 9 heteroatoms. The van der Waals surface area contributed by atoms with Crippen molar-refractivity contribution in [2.24, 2.45) is 0 Å². The monoisotopic (exact) mass is 347 g/mol. The number of benzene rings is 1. The standard InChI is InChI=1S/C12H11Cl2N3O3S/c13-10-8-15-17(12(18)11(10)14)7-6-16-21(19,20)9-4-2-1-3-5-9/h1-5,8,16H,6-7H2. The van der Waals surface area contributed by atoms with E-state index in [0.717, 1.165) is 4.68 Å². The predicted molar refractivity (Wildman–Crippen MR) is 80.1 cm³/mol. The summed E-state index contributed by atoms with van der Waals surface area (Å²) in [5.41, 5.74) is -0.567. The van der Waals surface area contributed by atoms with Gasteiger partial charge in [-0.2, -0.15) is 5.10 Å². The lowest BCUT2D eigenvalue weighted by Gasteiger charge is -2.08. The number of hydrogen-bond acceptors (Lipinski definition) is 4. The van der Waals surface area contributed by atoms with E-state index < -0.39 is 15.6 Å². The predicted octanol–water partition coefficient (Wildman–Crippen LogP) is 1.53. The van der Waals surface area contributed by atoms with Crippen molar-refractivity contribution in [1.82, 2.24) is 14.5 Å². The Hall–Kier alpha value is -1.41. The number of halogens is 2. The molecule has 1 aromatic heterocycles. The van der Waals surface area contributed by atoms with E-state index in [-0.39, 0.29) is 28.0 Å². The Kier molecular flexibility index (Phi) is 5.00. The summed E-state index contributed by atoms with van der Waals surface area (Å²) >= 11 is 11.4. The second-order valence-electron chi connectivity index (χ2n) is 4.05. The molecule has 0 fully saturated rings. The minimum absolute atomic E-state index is 0.00208. The summed E-state index contributed by atoms with van der Waals surface area (Å²) in [6, 6.07) is 7.93. The number of nitrogens with zero attached hydrogens (tertiary/aromatic N) is 2. The van der Waals surface area contributed by atoms with Gasteiger partial charge in [0.05, 0.1) is 22.7 Å². The molecule has 21 heavy (non-hydrogen) atoms. The van der Waals surface area contributed by atoms with Gasteiger partial charge in [-0.3, -0.25) is 4.79 Å². The summed E-state index contributed by atoms with van der Waals surface area (Å²) in [6.07, 6.45) is 1.23. The highest BCUT2D eigenvalue weighted by Crippen LogP contribution is 2.14. The summed E-state index contributed by atoms with van der Waals surface area (Å²) in [5, 5.41) is 3.70. The number of sulfonamides is 1. The van der Waals surface area contributed by atoms with Crippen molar-refractivity contribution in [3.05, 3.63) is 56.9 Å². The van der Waals surface area contributed by atoms with Crippen LogP contribution in [0.1, 0.15) is 0 Å². The van der Waals surface area contributed by atoms with Crippen molar-refractivity contribution in [3.8, 4) is 0 Å². The van der Waals surface area contributed by atoms with Crippen molar-refractivity contribution >= 4 is 33.2 Å². The average molecular weight is 348 g/mol. The van der Waals surface area contributed by atoms with Gasteiger partial charge >= 0.3 is 0 Å². The van der Waals surface area contributed by atoms with Gasteiger partial charge in [-0.1, -0.05) is 41.4 Å². The lowest BCUT2D eigenvalue weighted by Crippen LogP contribution is -2.32. The van der Waals surface area contributed by atoms with E-state index in [1.807, 2.05) is 0 Å². The third-order valence-corrected chi connectivity index (χ3v) is 4.84. The maximum absolute atomic E-state index is 12.0. The molecule has 0 spiro atoms. The fourth-order valence-corrected chi connectivity index (χ4v) is 2.89. The molecule has 0 saturated carbocycles. The first-order chi connectivity index (χ1) is 9.92. The van der Waals surface area contributed by atoms with E-state index in [0.29, 0.717) is 0 Å². The molecule has 6 nitrogen and oxygen atoms in total. The van der Waals surface area contributed by atoms with Gasteiger partial charge in [0, 0.05) is 6.54 Å². The highest BCUT2D eigenvalue weighted by Gasteiger charge is 2.13. The Labute approximate surface area is 131 Å². The van der Waals surface area contributed by atoms with Gasteiger partial charge in [-0.15, -0.1) is 0 Å². The highest BCUT2D eigenvalue weighted by atomic mass is 35.5. The molecule has 1 heterocycles. The van der Waals surface area contributed by atoms with E-state index in [1.165, 1.54) is 18.3 Å². The van der Waals surface area contributed by atoms with Crippen molar-refractivity contribution < 1.29 is 8.42 Å². The van der Waals surface area contributed by atoms with Crippen LogP contribution >= 0.6 is 23.2 Å². The molecule has 1 N–H and O–H groups in total. The Balaban J connectivity index is 2.06.